The summed E-state index contributed by atoms with van der Waals surface area (Å²) in [6, 6.07) is 7.37. The van der Waals surface area contributed by atoms with Crippen molar-refractivity contribution in [1.29, 1.82) is 0 Å². The quantitative estimate of drug-likeness (QED) is 0.829. The van der Waals surface area contributed by atoms with Crippen LogP contribution in [0, 0.1) is 0 Å². The number of nitrogens with zero attached hydrogens (tertiary/aromatic N) is 2. The number of halogens is 2. The first kappa shape index (κ1) is 18.7. The van der Waals surface area contributed by atoms with Crippen molar-refractivity contribution in [3.05, 3.63) is 52.3 Å². The zero-order valence-corrected chi connectivity index (χ0v) is 15.1. The molecule has 0 aliphatic carbocycles. The fraction of sp³-hybridized carbons (Fsp3) is 0.333. The molecule has 7 heteroatoms. The van der Waals surface area contributed by atoms with Crippen molar-refractivity contribution in [3.8, 4) is 0 Å². The number of benzene rings is 1. The molecule has 120 valence electrons. The summed E-state index contributed by atoms with van der Waals surface area (Å²) in [6.45, 7) is 1.97. The van der Waals surface area contributed by atoms with Crippen molar-refractivity contribution in [2.24, 2.45) is 7.05 Å². The molecule has 1 amide bonds. The SMILES string of the molecule is CNC(C(=O)NC(C)c1ccccc1Br)c1cnn(C)c1.Cl. The lowest BCUT2D eigenvalue weighted by atomic mass is 10.1. The molecule has 0 fully saturated rings. The number of aromatic nitrogens is 2. The largest absolute Gasteiger partial charge is 0.348 e. The third kappa shape index (κ3) is 4.32. The van der Waals surface area contributed by atoms with E-state index >= 15 is 0 Å². The Hall–Kier alpha value is -1.37. The van der Waals surface area contributed by atoms with Crippen LogP contribution in [0.1, 0.15) is 30.1 Å². The maximum Gasteiger partial charge on any atom is 0.242 e. The summed E-state index contributed by atoms with van der Waals surface area (Å²) < 4.78 is 2.67. The van der Waals surface area contributed by atoms with Crippen LogP contribution < -0.4 is 10.6 Å². The van der Waals surface area contributed by atoms with Gasteiger partial charge in [-0.25, -0.2) is 0 Å². The van der Waals surface area contributed by atoms with Gasteiger partial charge in [0.05, 0.1) is 12.2 Å². The van der Waals surface area contributed by atoms with Crippen LogP contribution in [-0.4, -0.2) is 22.7 Å². The summed E-state index contributed by atoms with van der Waals surface area (Å²) in [4.78, 5) is 12.5. The van der Waals surface area contributed by atoms with Gasteiger partial charge in [0, 0.05) is 23.3 Å². The zero-order valence-electron chi connectivity index (χ0n) is 12.7. The number of nitrogens with one attached hydrogen (secondary N) is 2. The Morgan fingerprint density at radius 3 is 2.59 bits per heavy atom. The lowest BCUT2D eigenvalue weighted by Crippen LogP contribution is -2.37. The molecule has 1 heterocycles. The zero-order chi connectivity index (χ0) is 15.4. The van der Waals surface area contributed by atoms with E-state index in [-0.39, 0.29) is 24.4 Å². The van der Waals surface area contributed by atoms with Crippen LogP contribution in [0.15, 0.2) is 41.1 Å². The average molecular weight is 388 g/mol. The molecule has 2 unspecified atom stereocenters. The van der Waals surface area contributed by atoms with E-state index in [4.69, 9.17) is 0 Å². The Labute approximate surface area is 145 Å². The van der Waals surface area contributed by atoms with Crippen molar-refractivity contribution in [3.63, 3.8) is 0 Å². The fourth-order valence-corrected chi connectivity index (χ4v) is 2.87. The number of hydrogen-bond acceptors (Lipinski definition) is 3. The highest BCUT2D eigenvalue weighted by molar-refractivity contribution is 9.10. The first-order chi connectivity index (χ1) is 10.0. The second kappa shape index (κ2) is 8.31. The van der Waals surface area contributed by atoms with Crippen molar-refractivity contribution >= 4 is 34.2 Å². The van der Waals surface area contributed by atoms with E-state index in [1.54, 1.807) is 17.9 Å². The van der Waals surface area contributed by atoms with Gasteiger partial charge < -0.3 is 10.6 Å². The predicted molar refractivity (Wildman–Crippen MR) is 93.0 cm³/mol. The minimum Gasteiger partial charge on any atom is -0.348 e. The van der Waals surface area contributed by atoms with Gasteiger partial charge in [-0.05, 0) is 25.6 Å². The van der Waals surface area contributed by atoms with Gasteiger partial charge in [0.2, 0.25) is 5.91 Å². The predicted octanol–water partition coefficient (Wildman–Crippen LogP) is 2.74. The summed E-state index contributed by atoms with van der Waals surface area (Å²) in [5.41, 5.74) is 1.89. The van der Waals surface area contributed by atoms with Crippen LogP contribution >= 0.6 is 28.3 Å². The molecular formula is C15H20BrClN4O. The summed E-state index contributed by atoms with van der Waals surface area (Å²) in [5, 5.41) is 10.2. The number of aryl methyl sites for hydroxylation is 1. The van der Waals surface area contributed by atoms with E-state index in [1.807, 2.05) is 44.4 Å². The third-order valence-electron chi connectivity index (χ3n) is 3.34. The monoisotopic (exact) mass is 386 g/mol. The standard InChI is InChI=1S/C15H19BrN4O.ClH/c1-10(12-6-4-5-7-13(12)16)19-15(21)14(17-2)11-8-18-20(3)9-11;/h4-10,14,17H,1-3H3,(H,19,21);1H. The number of likely N-dealkylation sites (N-methyl/N-ethyl adjacent to an activating group) is 1. The lowest BCUT2D eigenvalue weighted by Gasteiger charge is -2.20. The molecule has 2 aromatic rings. The molecule has 1 aromatic carbocycles. The van der Waals surface area contributed by atoms with Gasteiger partial charge in [-0.15, -0.1) is 12.4 Å². The highest BCUT2D eigenvalue weighted by Crippen LogP contribution is 2.23. The van der Waals surface area contributed by atoms with Crippen LogP contribution in [0.5, 0.6) is 0 Å². The maximum atomic E-state index is 12.5. The number of rotatable bonds is 5. The second-order valence-electron chi connectivity index (χ2n) is 4.92. The molecule has 2 rings (SSSR count). The average Bonchev–Trinajstić information content (AvgIpc) is 2.86. The number of hydrogen-bond donors (Lipinski definition) is 2. The molecule has 2 atom stereocenters. The van der Waals surface area contributed by atoms with Gasteiger partial charge in [-0.2, -0.15) is 5.10 Å². The Morgan fingerprint density at radius 2 is 2.05 bits per heavy atom. The van der Waals surface area contributed by atoms with Crippen LogP contribution in [-0.2, 0) is 11.8 Å². The van der Waals surface area contributed by atoms with Crippen molar-refractivity contribution in [2.45, 2.75) is 19.0 Å². The highest BCUT2D eigenvalue weighted by Gasteiger charge is 2.22. The first-order valence-corrected chi connectivity index (χ1v) is 7.53. The molecule has 5 nitrogen and oxygen atoms in total. The molecule has 0 radical (unpaired) electrons. The van der Waals surface area contributed by atoms with Crippen molar-refractivity contribution in [2.75, 3.05) is 7.05 Å². The minimum absolute atomic E-state index is 0. The second-order valence-corrected chi connectivity index (χ2v) is 5.78. The Kier molecular flexibility index (Phi) is 7.06. The molecule has 2 N–H and O–H groups in total. The normalized spacial score (nSPS) is 13.1. The van der Waals surface area contributed by atoms with E-state index in [9.17, 15) is 4.79 Å². The highest BCUT2D eigenvalue weighted by atomic mass is 79.9. The minimum atomic E-state index is -0.413. The summed E-state index contributed by atoms with van der Waals surface area (Å²) in [7, 11) is 3.60. The third-order valence-corrected chi connectivity index (χ3v) is 4.06. The Bertz CT molecular complexity index is 632. The molecule has 0 bridgehead atoms. The van der Waals surface area contributed by atoms with Crippen molar-refractivity contribution < 1.29 is 4.79 Å². The van der Waals surface area contributed by atoms with Gasteiger partial charge in [-0.3, -0.25) is 9.48 Å². The summed E-state index contributed by atoms with van der Waals surface area (Å²) in [6.07, 6.45) is 3.54. The molecule has 0 spiro atoms. The molecule has 0 saturated carbocycles. The smallest absolute Gasteiger partial charge is 0.242 e. The molecule has 1 aromatic heterocycles. The van der Waals surface area contributed by atoms with Gasteiger partial charge in [-0.1, -0.05) is 34.1 Å². The van der Waals surface area contributed by atoms with E-state index in [0.29, 0.717) is 0 Å². The Balaban J connectivity index is 0.00000242. The molecule has 0 aliphatic rings. The first-order valence-electron chi connectivity index (χ1n) is 6.73. The maximum absolute atomic E-state index is 12.5. The lowest BCUT2D eigenvalue weighted by molar-refractivity contribution is -0.123. The van der Waals surface area contributed by atoms with Crippen LogP contribution in [0.3, 0.4) is 0 Å². The number of carbonyl (C=O) groups excluding carboxylic acids is 1. The Morgan fingerprint density at radius 1 is 1.36 bits per heavy atom. The van der Waals surface area contributed by atoms with Crippen molar-refractivity contribution in [1.82, 2.24) is 20.4 Å². The molecule has 0 saturated heterocycles. The van der Waals surface area contributed by atoms with Gasteiger partial charge in [0.15, 0.2) is 0 Å². The molecular weight excluding hydrogens is 368 g/mol. The summed E-state index contributed by atoms with van der Waals surface area (Å²) in [5.74, 6) is -0.0752. The fourth-order valence-electron chi connectivity index (χ4n) is 2.24. The van der Waals surface area contributed by atoms with Gasteiger partial charge in [0.25, 0.3) is 0 Å². The molecule has 22 heavy (non-hydrogen) atoms. The van der Waals surface area contributed by atoms with E-state index in [1.165, 1.54) is 0 Å². The van der Waals surface area contributed by atoms with Crippen LogP contribution in [0.4, 0.5) is 0 Å². The number of amides is 1. The van der Waals surface area contributed by atoms with Gasteiger partial charge >= 0.3 is 0 Å². The van der Waals surface area contributed by atoms with E-state index in [2.05, 4.69) is 31.7 Å². The van der Waals surface area contributed by atoms with E-state index in [0.717, 1.165) is 15.6 Å². The van der Waals surface area contributed by atoms with Crippen LogP contribution in [0.2, 0.25) is 0 Å². The van der Waals surface area contributed by atoms with Crippen LogP contribution in [0.25, 0.3) is 0 Å². The topological polar surface area (TPSA) is 59.0 Å². The summed E-state index contributed by atoms with van der Waals surface area (Å²) >= 11 is 3.51. The van der Waals surface area contributed by atoms with Gasteiger partial charge in [0.1, 0.15) is 6.04 Å². The molecule has 0 aliphatic heterocycles. The number of carbonyl (C=O) groups is 1. The van der Waals surface area contributed by atoms with E-state index < -0.39 is 6.04 Å².